The van der Waals surface area contributed by atoms with Gasteiger partial charge in [-0.15, -0.1) is 0 Å². The van der Waals surface area contributed by atoms with Gasteiger partial charge in [-0.05, 0) is 36.2 Å². The molecule has 0 radical (unpaired) electrons. The maximum Gasteiger partial charge on any atom is 0.221 e. The number of carbonyl (C=O) groups excluding carboxylic acids is 1. The Morgan fingerprint density at radius 3 is 2.22 bits per heavy atom. The molecule has 0 atom stereocenters. The molecular weight excluding hydrogens is 305 g/mol. The molecule has 0 unspecified atom stereocenters. The largest absolute Gasteiger partial charge is 0.380 e. The second-order valence-corrected chi connectivity index (χ2v) is 5.00. The predicted molar refractivity (Wildman–Crippen MR) is 82.6 cm³/mol. The standard InChI is InChI=1S/C17H17F3N2O/c18-13-6-4-12(5-7-13)8-10-21-16(23)9-11-22-17-14(19)2-1-3-15(17)20/h1-7,22H,8-11H2,(H,21,23). The fraction of sp³-hybridized carbons (Fsp3) is 0.235. The summed E-state index contributed by atoms with van der Waals surface area (Å²) in [6.45, 7) is 0.540. The number of halogens is 3. The van der Waals surface area contributed by atoms with E-state index in [2.05, 4.69) is 10.6 Å². The van der Waals surface area contributed by atoms with Crippen molar-refractivity contribution in [3.8, 4) is 0 Å². The van der Waals surface area contributed by atoms with Gasteiger partial charge in [-0.3, -0.25) is 4.79 Å². The van der Waals surface area contributed by atoms with Crippen molar-refractivity contribution in [3.63, 3.8) is 0 Å². The zero-order valence-corrected chi connectivity index (χ0v) is 12.4. The Bertz CT molecular complexity index is 639. The molecule has 0 heterocycles. The highest BCUT2D eigenvalue weighted by Gasteiger charge is 2.08. The third-order valence-corrected chi connectivity index (χ3v) is 3.27. The second kappa shape index (κ2) is 8.22. The van der Waals surface area contributed by atoms with Crippen LogP contribution in [-0.2, 0) is 11.2 Å². The molecule has 0 aromatic heterocycles. The van der Waals surface area contributed by atoms with Gasteiger partial charge in [-0.1, -0.05) is 18.2 Å². The minimum atomic E-state index is -0.693. The van der Waals surface area contributed by atoms with E-state index in [0.29, 0.717) is 13.0 Å². The van der Waals surface area contributed by atoms with Gasteiger partial charge in [0.15, 0.2) is 0 Å². The van der Waals surface area contributed by atoms with Crippen molar-refractivity contribution in [2.75, 3.05) is 18.4 Å². The third-order valence-electron chi connectivity index (χ3n) is 3.27. The SMILES string of the molecule is O=C(CCNc1c(F)cccc1F)NCCc1ccc(F)cc1. The van der Waals surface area contributed by atoms with E-state index < -0.39 is 11.6 Å². The lowest BCUT2D eigenvalue weighted by atomic mass is 10.1. The summed E-state index contributed by atoms with van der Waals surface area (Å²) in [5.41, 5.74) is 0.685. The summed E-state index contributed by atoms with van der Waals surface area (Å²) in [5, 5.41) is 5.28. The molecule has 2 aromatic carbocycles. The van der Waals surface area contributed by atoms with Gasteiger partial charge in [0.05, 0.1) is 0 Å². The van der Waals surface area contributed by atoms with E-state index in [0.717, 1.165) is 17.7 Å². The van der Waals surface area contributed by atoms with Crippen molar-refractivity contribution in [2.45, 2.75) is 12.8 Å². The van der Waals surface area contributed by atoms with Crippen LogP contribution in [0.2, 0.25) is 0 Å². The zero-order valence-electron chi connectivity index (χ0n) is 12.4. The molecule has 0 spiro atoms. The van der Waals surface area contributed by atoms with Gasteiger partial charge in [-0.25, -0.2) is 13.2 Å². The van der Waals surface area contributed by atoms with Gasteiger partial charge in [0.25, 0.3) is 0 Å². The van der Waals surface area contributed by atoms with Crippen LogP contribution in [0.4, 0.5) is 18.9 Å². The van der Waals surface area contributed by atoms with Gasteiger partial charge in [-0.2, -0.15) is 0 Å². The van der Waals surface area contributed by atoms with Crippen LogP contribution in [0.5, 0.6) is 0 Å². The molecule has 2 rings (SSSR count). The van der Waals surface area contributed by atoms with E-state index in [-0.39, 0.29) is 30.4 Å². The van der Waals surface area contributed by atoms with Crippen molar-refractivity contribution >= 4 is 11.6 Å². The minimum Gasteiger partial charge on any atom is -0.380 e. The monoisotopic (exact) mass is 322 g/mol. The number of amides is 1. The maximum atomic E-state index is 13.4. The minimum absolute atomic E-state index is 0.0944. The molecule has 6 heteroatoms. The number of rotatable bonds is 7. The Morgan fingerprint density at radius 1 is 0.913 bits per heavy atom. The van der Waals surface area contributed by atoms with E-state index in [1.54, 1.807) is 12.1 Å². The first-order valence-electron chi connectivity index (χ1n) is 7.25. The molecule has 0 aliphatic rings. The van der Waals surface area contributed by atoms with Crippen molar-refractivity contribution in [1.29, 1.82) is 0 Å². The highest BCUT2D eigenvalue weighted by Crippen LogP contribution is 2.17. The van der Waals surface area contributed by atoms with Crippen LogP contribution in [0.1, 0.15) is 12.0 Å². The summed E-state index contributed by atoms with van der Waals surface area (Å²) < 4.78 is 39.5. The van der Waals surface area contributed by atoms with Crippen LogP contribution < -0.4 is 10.6 Å². The van der Waals surface area contributed by atoms with Crippen LogP contribution in [0.3, 0.4) is 0 Å². The van der Waals surface area contributed by atoms with E-state index in [4.69, 9.17) is 0 Å². The van der Waals surface area contributed by atoms with E-state index in [1.165, 1.54) is 18.2 Å². The topological polar surface area (TPSA) is 41.1 Å². The highest BCUT2D eigenvalue weighted by molar-refractivity contribution is 5.76. The van der Waals surface area contributed by atoms with E-state index >= 15 is 0 Å². The number of hydrogen-bond donors (Lipinski definition) is 2. The third kappa shape index (κ3) is 5.32. The Morgan fingerprint density at radius 2 is 1.57 bits per heavy atom. The Kier molecular flexibility index (Phi) is 6.02. The lowest BCUT2D eigenvalue weighted by molar-refractivity contribution is -0.120. The molecule has 0 fully saturated rings. The normalized spacial score (nSPS) is 10.4. The van der Waals surface area contributed by atoms with Gasteiger partial charge in [0, 0.05) is 19.5 Å². The molecule has 122 valence electrons. The summed E-state index contributed by atoms with van der Waals surface area (Å²) in [7, 11) is 0. The van der Waals surface area contributed by atoms with Crippen molar-refractivity contribution < 1.29 is 18.0 Å². The number of para-hydroxylation sites is 1. The number of nitrogens with one attached hydrogen (secondary N) is 2. The summed E-state index contributed by atoms with van der Waals surface area (Å²) in [6, 6.07) is 9.61. The van der Waals surface area contributed by atoms with Gasteiger partial charge >= 0.3 is 0 Å². The lowest BCUT2D eigenvalue weighted by Crippen LogP contribution is -2.27. The molecule has 0 bridgehead atoms. The molecule has 2 aromatic rings. The predicted octanol–water partition coefficient (Wildman–Crippen LogP) is 3.26. The van der Waals surface area contributed by atoms with Gasteiger partial charge < -0.3 is 10.6 Å². The summed E-state index contributed by atoms with van der Waals surface area (Å²) in [4.78, 5) is 11.6. The molecule has 0 aliphatic carbocycles. The molecular formula is C17H17F3N2O. The van der Waals surface area contributed by atoms with Crippen LogP contribution in [0.15, 0.2) is 42.5 Å². The summed E-state index contributed by atoms with van der Waals surface area (Å²) in [6.07, 6.45) is 0.679. The van der Waals surface area contributed by atoms with Crippen molar-refractivity contribution in [2.24, 2.45) is 0 Å². The Balaban J connectivity index is 1.68. The molecule has 0 saturated carbocycles. The molecule has 3 nitrogen and oxygen atoms in total. The fourth-order valence-electron chi connectivity index (χ4n) is 2.05. The maximum absolute atomic E-state index is 13.4. The second-order valence-electron chi connectivity index (χ2n) is 5.00. The van der Waals surface area contributed by atoms with E-state index in [1.807, 2.05) is 0 Å². The Hall–Kier alpha value is -2.50. The smallest absolute Gasteiger partial charge is 0.221 e. The number of anilines is 1. The molecule has 2 N–H and O–H groups in total. The van der Waals surface area contributed by atoms with E-state index in [9.17, 15) is 18.0 Å². The van der Waals surface area contributed by atoms with Crippen LogP contribution in [-0.4, -0.2) is 19.0 Å². The molecule has 0 saturated heterocycles. The molecule has 0 aliphatic heterocycles. The quantitative estimate of drug-likeness (QED) is 0.821. The average molecular weight is 322 g/mol. The van der Waals surface area contributed by atoms with Crippen LogP contribution in [0, 0.1) is 17.5 Å². The molecule has 23 heavy (non-hydrogen) atoms. The van der Waals surface area contributed by atoms with Crippen LogP contribution in [0.25, 0.3) is 0 Å². The first-order valence-corrected chi connectivity index (χ1v) is 7.25. The number of benzene rings is 2. The molecule has 1 amide bonds. The van der Waals surface area contributed by atoms with Crippen LogP contribution >= 0.6 is 0 Å². The lowest BCUT2D eigenvalue weighted by Gasteiger charge is -2.09. The summed E-state index contributed by atoms with van der Waals surface area (Å²) in [5.74, 6) is -1.91. The first-order chi connectivity index (χ1) is 11.1. The highest BCUT2D eigenvalue weighted by atomic mass is 19.1. The summed E-state index contributed by atoms with van der Waals surface area (Å²) >= 11 is 0. The average Bonchev–Trinajstić information content (AvgIpc) is 2.52. The number of carbonyl (C=O) groups is 1. The van der Waals surface area contributed by atoms with Gasteiger partial charge in [0.2, 0.25) is 5.91 Å². The van der Waals surface area contributed by atoms with Crippen molar-refractivity contribution in [1.82, 2.24) is 5.32 Å². The first kappa shape index (κ1) is 16.9. The fourth-order valence-corrected chi connectivity index (χ4v) is 2.05. The zero-order chi connectivity index (χ0) is 16.7. The van der Waals surface area contributed by atoms with Crippen molar-refractivity contribution in [3.05, 3.63) is 65.5 Å². The van der Waals surface area contributed by atoms with Gasteiger partial charge in [0.1, 0.15) is 23.1 Å². The number of hydrogen-bond acceptors (Lipinski definition) is 2. The Labute approximate surface area is 132 Å².